The molecule has 0 fully saturated rings. The highest BCUT2D eigenvalue weighted by Gasteiger charge is 2.18. The number of thioether (sulfide) groups is 1. The first-order valence-corrected chi connectivity index (χ1v) is 10.2. The van der Waals surface area contributed by atoms with Gasteiger partial charge in [0.1, 0.15) is 16.2 Å². The van der Waals surface area contributed by atoms with Crippen molar-refractivity contribution in [3.05, 3.63) is 56.0 Å². The van der Waals surface area contributed by atoms with Gasteiger partial charge in [0.15, 0.2) is 5.65 Å². The van der Waals surface area contributed by atoms with E-state index >= 15 is 0 Å². The minimum Gasteiger partial charge on any atom is -0.325 e. The maximum Gasteiger partial charge on any atom is 0.332 e. The monoisotopic (exact) mass is 413 g/mol. The zero-order chi connectivity index (χ0) is 21.3. The number of nitrogens with one attached hydrogen (secondary N) is 1. The Morgan fingerprint density at radius 3 is 2.55 bits per heavy atom. The molecule has 0 spiro atoms. The van der Waals surface area contributed by atoms with Crippen LogP contribution in [0.2, 0.25) is 0 Å². The van der Waals surface area contributed by atoms with E-state index in [1.807, 2.05) is 39.0 Å². The van der Waals surface area contributed by atoms with Gasteiger partial charge in [-0.3, -0.25) is 18.7 Å². The Morgan fingerprint density at radius 2 is 1.86 bits per heavy atom. The molecule has 0 atom stereocenters. The SMILES string of the molecule is CCc1nc(SCC(=O)Nc2cc(C)ccc2C)c2c(=O)n(C)c(=O)n(C)c2n1. The molecule has 0 radical (unpaired) electrons. The van der Waals surface area contributed by atoms with Crippen molar-refractivity contribution in [3.63, 3.8) is 0 Å². The van der Waals surface area contributed by atoms with Crippen molar-refractivity contribution in [2.45, 2.75) is 32.2 Å². The summed E-state index contributed by atoms with van der Waals surface area (Å²) in [6.07, 6.45) is 0.543. The van der Waals surface area contributed by atoms with E-state index in [0.717, 1.165) is 33.1 Å². The van der Waals surface area contributed by atoms with Crippen LogP contribution in [0.3, 0.4) is 0 Å². The van der Waals surface area contributed by atoms with Gasteiger partial charge in [-0.2, -0.15) is 0 Å². The van der Waals surface area contributed by atoms with Gasteiger partial charge in [0, 0.05) is 26.2 Å². The summed E-state index contributed by atoms with van der Waals surface area (Å²) in [4.78, 5) is 46.2. The predicted molar refractivity (Wildman–Crippen MR) is 115 cm³/mol. The molecular formula is C20H23N5O3S. The maximum absolute atomic E-state index is 12.7. The van der Waals surface area contributed by atoms with E-state index in [-0.39, 0.29) is 22.7 Å². The van der Waals surface area contributed by atoms with Gasteiger partial charge in [-0.15, -0.1) is 0 Å². The molecule has 2 aromatic heterocycles. The van der Waals surface area contributed by atoms with E-state index in [0.29, 0.717) is 17.3 Å². The van der Waals surface area contributed by atoms with E-state index in [4.69, 9.17) is 0 Å². The Hall–Kier alpha value is -2.94. The Balaban J connectivity index is 1.95. The largest absolute Gasteiger partial charge is 0.332 e. The summed E-state index contributed by atoms with van der Waals surface area (Å²) in [7, 11) is 2.98. The number of fused-ring (bicyclic) bond motifs is 1. The summed E-state index contributed by atoms with van der Waals surface area (Å²) >= 11 is 1.16. The van der Waals surface area contributed by atoms with Crippen molar-refractivity contribution in [1.29, 1.82) is 0 Å². The minimum atomic E-state index is -0.469. The number of carbonyl (C=O) groups is 1. The zero-order valence-electron chi connectivity index (χ0n) is 17.1. The number of hydrogen-bond donors (Lipinski definition) is 1. The summed E-state index contributed by atoms with van der Waals surface area (Å²) in [5, 5.41) is 3.55. The van der Waals surface area contributed by atoms with Crippen LogP contribution in [0.4, 0.5) is 5.69 Å². The van der Waals surface area contributed by atoms with Crippen molar-refractivity contribution in [3.8, 4) is 0 Å². The van der Waals surface area contributed by atoms with E-state index in [1.165, 1.54) is 11.6 Å². The molecule has 0 aliphatic heterocycles. The Morgan fingerprint density at radius 1 is 1.14 bits per heavy atom. The van der Waals surface area contributed by atoms with Crippen LogP contribution >= 0.6 is 11.8 Å². The predicted octanol–water partition coefficient (Wildman–Crippen LogP) is 1.94. The first-order valence-electron chi connectivity index (χ1n) is 9.19. The van der Waals surface area contributed by atoms with Crippen LogP contribution in [0, 0.1) is 13.8 Å². The average Bonchev–Trinajstić information content (AvgIpc) is 2.71. The standard InChI is InChI=1S/C20H23N5O3S/c1-6-14-22-17-16(19(27)25(5)20(28)24(17)4)18(23-14)29-10-15(26)21-13-9-11(2)7-8-12(13)3/h7-9H,6,10H2,1-5H3,(H,21,26). The van der Waals surface area contributed by atoms with E-state index in [9.17, 15) is 14.4 Å². The highest BCUT2D eigenvalue weighted by atomic mass is 32.2. The zero-order valence-corrected chi connectivity index (χ0v) is 17.9. The fourth-order valence-electron chi connectivity index (χ4n) is 2.93. The van der Waals surface area contributed by atoms with E-state index in [1.54, 1.807) is 7.05 Å². The molecule has 1 N–H and O–H groups in total. The molecule has 8 nitrogen and oxygen atoms in total. The summed E-state index contributed by atoms with van der Waals surface area (Å²) in [5.74, 6) is 0.391. The summed E-state index contributed by atoms with van der Waals surface area (Å²) in [6.45, 7) is 5.78. The van der Waals surface area contributed by atoms with Crippen LogP contribution in [-0.4, -0.2) is 30.8 Å². The van der Waals surface area contributed by atoms with Gasteiger partial charge in [-0.1, -0.05) is 30.8 Å². The minimum absolute atomic E-state index is 0.0780. The second-order valence-corrected chi connectivity index (χ2v) is 7.82. The summed E-state index contributed by atoms with van der Waals surface area (Å²) in [6, 6.07) is 5.85. The lowest BCUT2D eigenvalue weighted by atomic mass is 10.1. The number of anilines is 1. The summed E-state index contributed by atoms with van der Waals surface area (Å²) in [5.41, 5.74) is 2.14. The lowest BCUT2D eigenvalue weighted by molar-refractivity contribution is -0.113. The normalized spacial score (nSPS) is 11.1. The molecule has 0 aliphatic rings. The molecule has 3 aromatic rings. The Bertz CT molecular complexity index is 1230. The quantitative estimate of drug-likeness (QED) is 0.507. The van der Waals surface area contributed by atoms with Crippen LogP contribution < -0.4 is 16.6 Å². The number of hydrogen-bond acceptors (Lipinski definition) is 6. The van der Waals surface area contributed by atoms with Crippen LogP contribution in [0.15, 0.2) is 32.8 Å². The second-order valence-electron chi connectivity index (χ2n) is 6.86. The molecule has 0 saturated carbocycles. The van der Waals surface area contributed by atoms with Gasteiger partial charge in [0.2, 0.25) is 5.91 Å². The average molecular weight is 414 g/mol. The lowest BCUT2D eigenvalue weighted by Gasteiger charge is -2.12. The molecule has 29 heavy (non-hydrogen) atoms. The van der Waals surface area contributed by atoms with Crippen LogP contribution in [0.25, 0.3) is 11.0 Å². The van der Waals surface area contributed by atoms with Gasteiger partial charge in [-0.05, 0) is 31.0 Å². The molecule has 3 rings (SSSR count). The fraction of sp³-hybridized carbons (Fsp3) is 0.350. The molecule has 0 saturated heterocycles. The van der Waals surface area contributed by atoms with Crippen molar-refractivity contribution in [1.82, 2.24) is 19.1 Å². The Labute approximate surface area is 172 Å². The highest BCUT2D eigenvalue weighted by Crippen LogP contribution is 2.23. The molecule has 1 aromatic carbocycles. The third-order valence-corrected chi connectivity index (χ3v) is 5.61. The number of nitrogens with zero attached hydrogens (tertiary/aromatic N) is 4. The molecule has 9 heteroatoms. The van der Waals surface area contributed by atoms with E-state index < -0.39 is 11.2 Å². The van der Waals surface area contributed by atoms with Gasteiger partial charge in [-0.25, -0.2) is 14.8 Å². The number of aromatic nitrogens is 4. The lowest BCUT2D eigenvalue weighted by Crippen LogP contribution is -2.38. The molecule has 0 aliphatic carbocycles. The molecular weight excluding hydrogens is 390 g/mol. The van der Waals surface area contributed by atoms with Crippen LogP contribution in [0.1, 0.15) is 23.9 Å². The smallest absolute Gasteiger partial charge is 0.325 e. The van der Waals surface area contributed by atoms with Gasteiger partial charge < -0.3 is 5.32 Å². The van der Waals surface area contributed by atoms with Gasteiger partial charge in [0.25, 0.3) is 5.56 Å². The summed E-state index contributed by atoms with van der Waals surface area (Å²) < 4.78 is 2.36. The topological polar surface area (TPSA) is 98.9 Å². The molecule has 2 heterocycles. The number of rotatable bonds is 5. The van der Waals surface area contributed by atoms with Crippen molar-refractivity contribution in [2.24, 2.45) is 14.1 Å². The fourth-order valence-corrected chi connectivity index (χ4v) is 3.76. The Kier molecular flexibility index (Phi) is 5.88. The third-order valence-electron chi connectivity index (χ3n) is 4.64. The van der Waals surface area contributed by atoms with Crippen LogP contribution in [0.5, 0.6) is 0 Å². The first-order chi connectivity index (χ1) is 13.7. The number of carbonyl (C=O) groups excluding carboxylic acids is 1. The second kappa shape index (κ2) is 8.20. The van der Waals surface area contributed by atoms with Crippen molar-refractivity contribution < 1.29 is 4.79 Å². The molecule has 1 amide bonds. The van der Waals surface area contributed by atoms with Crippen molar-refractivity contribution >= 4 is 34.4 Å². The first kappa shape index (κ1) is 20.8. The number of amides is 1. The third kappa shape index (κ3) is 4.09. The molecule has 0 bridgehead atoms. The highest BCUT2D eigenvalue weighted by molar-refractivity contribution is 8.00. The number of benzene rings is 1. The molecule has 0 unspecified atom stereocenters. The van der Waals surface area contributed by atoms with Gasteiger partial charge >= 0.3 is 5.69 Å². The van der Waals surface area contributed by atoms with Gasteiger partial charge in [0.05, 0.1) is 5.75 Å². The maximum atomic E-state index is 12.7. The number of aryl methyl sites for hydroxylation is 4. The van der Waals surface area contributed by atoms with Crippen LogP contribution in [-0.2, 0) is 25.3 Å². The van der Waals surface area contributed by atoms with E-state index in [2.05, 4.69) is 15.3 Å². The van der Waals surface area contributed by atoms with Crippen molar-refractivity contribution in [2.75, 3.05) is 11.1 Å². The molecule has 152 valence electrons.